The van der Waals surface area contributed by atoms with Crippen molar-refractivity contribution in [2.75, 3.05) is 20.3 Å². The summed E-state index contributed by atoms with van der Waals surface area (Å²) in [6.45, 7) is 0.667. The van der Waals surface area contributed by atoms with Gasteiger partial charge in [-0.15, -0.1) is 0 Å². The van der Waals surface area contributed by atoms with E-state index < -0.39 is 5.76 Å². The van der Waals surface area contributed by atoms with Crippen LogP contribution in [-0.4, -0.2) is 46.4 Å². The Bertz CT molecular complexity index is 590. The van der Waals surface area contributed by atoms with Gasteiger partial charge in [0.1, 0.15) is 0 Å². The van der Waals surface area contributed by atoms with Crippen molar-refractivity contribution in [1.82, 2.24) is 9.88 Å². The van der Waals surface area contributed by atoms with Gasteiger partial charge in [-0.05, 0) is 31.2 Å². The van der Waals surface area contributed by atoms with Crippen LogP contribution in [0.15, 0.2) is 27.4 Å². The molecule has 2 rings (SSSR count). The fraction of sp³-hybridized carbons (Fsp3) is 0.462. The largest absolute Gasteiger partial charge is 0.417 e. The molecule has 1 atom stereocenters. The Morgan fingerprint density at radius 2 is 2.21 bits per heavy atom. The van der Waals surface area contributed by atoms with E-state index in [1.54, 1.807) is 6.07 Å². The van der Waals surface area contributed by atoms with Crippen LogP contribution in [0.2, 0.25) is 0 Å². The first-order chi connectivity index (χ1) is 9.13. The summed E-state index contributed by atoms with van der Waals surface area (Å²) in [6.07, 6.45) is 0.526. The summed E-state index contributed by atoms with van der Waals surface area (Å²) in [5, 5.41) is 18.2. The summed E-state index contributed by atoms with van der Waals surface area (Å²) in [5.41, 5.74) is 2.20. The number of H-pyrrole nitrogens is 1. The van der Waals surface area contributed by atoms with Crippen LogP contribution in [-0.2, 0) is 6.54 Å². The Labute approximate surface area is 110 Å². The summed E-state index contributed by atoms with van der Waals surface area (Å²) in [4.78, 5) is 15.6. The summed E-state index contributed by atoms with van der Waals surface area (Å²) in [7, 11) is 1.89. The molecule has 0 saturated heterocycles. The van der Waals surface area contributed by atoms with Gasteiger partial charge in [-0.1, -0.05) is 6.07 Å². The molecule has 1 aromatic heterocycles. The third-order valence-electron chi connectivity index (χ3n) is 3.21. The molecule has 6 nitrogen and oxygen atoms in total. The van der Waals surface area contributed by atoms with Crippen molar-refractivity contribution in [3.05, 3.63) is 34.3 Å². The van der Waals surface area contributed by atoms with Crippen molar-refractivity contribution < 1.29 is 14.6 Å². The normalized spacial score (nSPS) is 13.3. The fourth-order valence-electron chi connectivity index (χ4n) is 2.11. The van der Waals surface area contributed by atoms with Crippen molar-refractivity contribution in [3.8, 4) is 0 Å². The molecule has 0 saturated carbocycles. The van der Waals surface area contributed by atoms with Crippen molar-refractivity contribution in [2.24, 2.45) is 0 Å². The average molecular weight is 266 g/mol. The van der Waals surface area contributed by atoms with Crippen molar-refractivity contribution >= 4 is 11.1 Å². The maximum absolute atomic E-state index is 11.1. The lowest BCUT2D eigenvalue weighted by Gasteiger charge is -2.25. The van der Waals surface area contributed by atoms with Crippen LogP contribution in [0.1, 0.15) is 12.0 Å². The summed E-state index contributed by atoms with van der Waals surface area (Å²) < 4.78 is 4.94. The van der Waals surface area contributed by atoms with E-state index in [0.717, 1.165) is 5.56 Å². The number of nitrogens with zero attached hydrogens (tertiary/aromatic N) is 1. The molecule has 0 bridgehead atoms. The van der Waals surface area contributed by atoms with Gasteiger partial charge in [0.25, 0.3) is 0 Å². The Morgan fingerprint density at radius 3 is 2.89 bits per heavy atom. The Kier molecular flexibility index (Phi) is 4.36. The van der Waals surface area contributed by atoms with E-state index in [-0.39, 0.29) is 19.3 Å². The van der Waals surface area contributed by atoms with E-state index in [9.17, 15) is 9.90 Å². The first-order valence-corrected chi connectivity index (χ1v) is 6.17. The average Bonchev–Trinajstić information content (AvgIpc) is 2.75. The number of aliphatic hydroxyl groups is 2. The highest BCUT2D eigenvalue weighted by atomic mass is 16.4. The fourth-order valence-corrected chi connectivity index (χ4v) is 2.11. The lowest BCUT2D eigenvalue weighted by Crippen LogP contribution is -2.35. The van der Waals surface area contributed by atoms with Crippen LogP contribution < -0.4 is 5.76 Å². The van der Waals surface area contributed by atoms with Crippen LogP contribution in [0.25, 0.3) is 11.1 Å². The topological polar surface area (TPSA) is 89.7 Å². The lowest BCUT2D eigenvalue weighted by molar-refractivity contribution is 0.115. The zero-order valence-electron chi connectivity index (χ0n) is 10.8. The number of likely N-dealkylation sites (N-methyl/N-ethyl adjacent to an activating group) is 1. The standard InChI is InChI=1S/C13H18N2O4/c1-15(10(8-17)4-5-16)7-9-2-3-12-11(6-9)14-13(18)19-12/h2-3,6,10,16-17H,4-5,7-8H2,1H3,(H,14,18). The quantitative estimate of drug-likeness (QED) is 0.699. The summed E-state index contributed by atoms with van der Waals surface area (Å²) in [5.74, 6) is -0.464. The first kappa shape index (κ1) is 13.8. The van der Waals surface area contributed by atoms with E-state index >= 15 is 0 Å². The van der Waals surface area contributed by atoms with Crippen LogP contribution >= 0.6 is 0 Å². The number of nitrogens with one attached hydrogen (secondary N) is 1. The predicted octanol–water partition coefficient (Wildman–Crippen LogP) is 0.296. The highest BCUT2D eigenvalue weighted by Gasteiger charge is 2.13. The maximum Gasteiger partial charge on any atom is 0.417 e. The molecule has 0 spiro atoms. The predicted molar refractivity (Wildman–Crippen MR) is 70.9 cm³/mol. The molecule has 2 aromatic rings. The molecule has 0 aliphatic heterocycles. The van der Waals surface area contributed by atoms with Gasteiger partial charge < -0.3 is 14.6 Å². The highest BCUT2D eigenvalue weighted by molar-refractivity contribution is 5.72. The molecule has 0 radical (unpaired) electrons. The number of oxazole rings is 1. The number of aromatic amines is 1. The SMILES string of the molecule is CN(Cc1ccc2oc(=O)[nH]c2c1)C(CO)CCO. The molecule has 0 amide bonds. The van der Waals surface area contributed by atoms with Crippen molar-refractivity contribution in [3.63, 3.8) is 0 Å². The van der Waals surface area contributed by atoms with E-state index in [2.05, 4.69) is 4.98 Å². The van der Waals surface area contributed by atoms with Gasteiger partial charge in [0.05, 0.1) is 12.1 Å². The zero-order chi connectivity index (χ0) is 13.8. The molecule has 0 fully saturated rings. The number of hydrogen-bond donors (Lipinski definition) is 3. The van der Waals surface area contributed by atoms with Gasteiger partial charge in [-0.25, -0.2) is 4.79 Å². The molecule has 0 aliphatic carbocycles. The number of aliphatic hydroxyl groups excluding tert-OH is 2. The number of fused-ring (bicyclic) bond motifs is 1. The highest BCUT2D eigenvalue weighted by Crippen LogP contribution is 2.15. The van der Waals surface area contributed by atoms with Gasteiger partial charge in [0.15, 0.2) is 5.58 Å². The van der Waals surface area contributed by atoms with E-state index in [4.69, 9.17) is 9.52 Å². The van der Waals surface area contributed by atoms with Gasteiger partial charge in [-0.2, -0.15) is 0 Å². The zero-order valence-corrected chi connectivity index (χ0v) is 10.8. The van der Waals surface area contributed by atoms with Gasteiger partial charge in [0.2, 0.25) is 0 Å². The van der Waals surface area contributed by atoms with E-state index in [1.807, 2.05) is 24.1 Å². The Morgan fingerprint density at radius 1 is 1.42 bits per heavy atom. The molecule has 104 valence electrons. The third kappa shape index (κ3) is 3.23. The number of benzene rings is 1. The maximum atomic E-state index is 11.1. The minimum atomic E-state index is -0.464. The molecule has 1 heterocycles. The monoisotopic (exact) mass is 266 g/mol. The third-order valence-corrected chi connectivity index (χ3v) is 3.21. The van der Waals surface area contributed by atoms with Crippen molar-refractivity contribution in [1.29, 1.82) is 0 Å². The second kappa shape index (κ2) is 6.01. The second-order valence-electron chi connectivity index (χ2n) is 4.61. The number of aromatic nitrogens is 1. The van der Waals surface area contributed by atoms with Gasteiger partial charge >= 0.3 is 5.76 Å². The van der Waals surface area contributed by atoms with Crippen LogP contribution in [0.4, 0.5) is 0 Å². The van der Waals surface area contributed by atoms with Crippen LogP contribution in [0, 0.1) is 0 Å². The Hall–Kier alpha value is -1.63. The van der Waals surface area contributed by atoms with Gasteiger partial charge in [-0.3, -0.25) is 9.88 Å². The molecule has 6 heteroatoms. The molecule has 0 aliphatic rings. The molecule has 1 aromatic carbocycles. The van der Waals surface area contributed by atoms with Gasteiger partial charge in [0, 0.05) is 19.2 Å². The van der Waals surface area contributed by atoms with Crippen LogP contribution in [0.5, 0.6) is 0 Å². The smallest absolute Gasteiger partial charge is 0.408 e. The summed E-state index contributed by atoms with van der Waals surface area (Å²) >= 11 is 0. The lowest BCUT2D eigenvalue weighted by atomic mass is 10.1. The molecule has 1 unspecified atom stereocenters. The number of rotatable bonds is 6. The molecule has 19 heavy (non-hydrogen) atoms. The molecular formula is C13H18N2O4. The first-order valence-electron chi connectivity index (χ1n) is 6.17. The van der Waals surface area contributed by atoms with Crippen molar-refractivity contribution in [2.45, 2.75) is 19.0 Å². The molecular weight excluding hydrogens is 248 g/mol. The molecule has 3 N–H and O–H groups in total. The van der Waals surface area contributed by atoms with E-state index in [1.165, 1.54) is 0 Å². The minimum absolute atomic E-state index is 0.00183. The van der Waals surface area contributed by atoms with E-state index in [0.29, 0.717) is 24.1 Å². The second-order valence-corrected chi connectivity index (χ2v) is 4.61. The summed E-state index contributed by atoms with van der Waals surface area (Å²) in [6, 6.07) is 5.40. The minimum Gasteiger partial charge on any atom is -0.408 e. The number of hydrogen-bond acceptors (Lipinski definition) is 5. The Balaban J connectivity index is 2.13. The van der Waals surface area contributed by atoms with Crippen LogP contribution in [0.3, 0.4) is 0 Å².